The third kappa shape index (κ3) is 7.98. The van der Waals surface area contributed by atoms with Gasteiger partial charge in [-0.25, -0.2) is 0 Å². The lowest BCUT2D eigenvalue weighted by Crippen LogP contribution is -2.14. The Balaban J connectivity index is 1.98. The maximum absolute atomic E-state index is 13.5. The van der Waals surface area contributed by atoms with Gasteiger partial charge in [0, 0.05) is 37.6 Å². The fraction of sp³-hybridized carbons (Fsp3) is 0.600. The summed E-state index contributed by atoms with van der Waals surface area (Å²) in [6, 6.07) is 3.99. The molecule has 1 aromatic rings. The molecule has 1 aliphatic rings. The average molecular weight is 433 g/mol. The third-order valence-corrected chi connectivity index (χ3v) is 5.30. The van der Waals surface area contributed by atoms with Crippen molar-refractivity contribution in [2.24, 2.45) is 10.2 Å². The van der Waals surface area contributed by atoms with Crippen molar-refractivity contribution in [2.75, 3.05) is 32.2 Å². The van der Waals surface area contributed by atoms with Gasteiger partial charge < -0.3 is 14.6 Å². The van der Waals surface area contributed by atoms with Crippen LogP contribution in [0.5, 0.6) is 5.75 Å². The number of thioether (sulfide) groups is 1. The molecule has 0 fully saturated rings. The Bertz CT molecular complexity index is 709. The third-order valence-electron chi connectivity index (χ3n) is 4.23. The van der Waals surface area contributed by atoms with E-state index in [4.69, 9.17) is 14.6 Å². The van der Waals surface area contributed by atoms with Gasteiger partial charge in [0.1, 0.15) is 10.8 Å². The highest BCUT2D eigenvalue weighted by Gasteiger charge is 2.35. The summed E-state index contributed by atoms with van der Waals surface area (Å²) in [5.74, 6) is 0.337. The minimum atomic E-state index is -4.52. The summed E-state index contributed by atoms with van der Waals surface area (Å²) in [7, 11) is 0. The number of ether oxygens (including phenoxy) is 2. The highest BCUT2D eigenvalue weighted by molar-refractivity contribution is 8.15. The summed E-state index contributed by atoms with van der Waals surface area (Å²) in [5.41, 5.74) is 0.274. The lowest BCUT2D eigenvalue weighted by atomic mass is 10.1. The molecule has 5 nitrogen and oxygen atoms in total. The van der Waals surface area contributed by atoms with Gasteiger partial charge in [0.05, 0.1) is 17.9 Å². The fourth-order valence-electron chi connectivity index (χ4n) is 2.71. The van der Waals surface area contributed by atoms with Gasteiger partial charge in [-0.2, -0.15) is 18.3 Å². The van der Waals surface area contributed by atoms with Crippen LogP contribution in [-0.4, -0.2) is 48.0 Å². The van der Waals surface area contributed by atoms with Crippen LogP contribution in [0.3, 0.4) is 0 Å². The molecule has 0 unspecified atom stereocenters. The predicted molar refractivity (Wildman–Crippen MR) is 110 cm³/mol. The Labute approximate surface area is 173 Å². The highest BCUT2D eigenvalue weighted by atomic mass is 32.2. The number of nitrogens with zero attached hydrogens (tertiary/aromatic N) is 2. The zero-order valence-corrected chi connectivity index (χ0v) is 17.3. The molecule has 0 saturated heterocycles. The first-order valence-corrected chi connectivity index (χ1v) is 10.7. The number of unbranched alkanes of at least 4 members (excludes halogenated alkanes) is 3. The molecule has 0 amide bonds. The van der Waals surface area contributed by atoms with Crippen LogP contribution in [0.1, 0.15) is 50.2 Å². The second kappa shape index (κ2) is 12.2. The van der Waals surface area contributed by atoms with Gasteiger partial charge in [-0.15, -0.1) is 5.10 Å². The molecule has 1 N–H and O–H groups in total. The van der Waals surface area contributed by atoms with E-state index < -0.39 is 11.7 Å². The Morgan fingerprint density at radius 3 is 2.48 bits per heavy atom. The number of aliphatic hydroxyl groups excluding tert-OH is 1. The van der Waals surface area contributed by atoms with Gasteiger partial charge in [0.15, 0.2) is 0 Å². The summed E-state index contributed by atoms with van der Waals surface area (Å²) in [4.78, 5) is 0. The number of hydrogen-bond acceptors (Lipinski definition) is 6. The van der Waals surface area contributed by atoms with Gasteiger partial charge in [-0.05, 0) is 44.4 Å². The molecule has 0 aliphatic carbocycles. The largest absolute Gasteiger partial charge is 0.493 e. The maximum Gasteiger partial charge on any atom is 0.419 e. The van der Waals surface area contributed by atoms with E-state index in [9.17, 15) is 13.2 Å². The molecule has 1 aliphatic heterocycles. The van der Waals surface area contributed by atoms with Crippen molar-refractivity contribution >= 4 is 22.5 Å². The van der Waals surface area contributed by atoms with Crippen LogP contribution in [0.15, 0.2) is 28.4 Å². The molecule has 0 radical (unpaired) electrons. The standard InChI is InChI=1S/C20H27F3N2O3S/c1-2-27-11-5-3-4-6-12-28-18-8-7-15(13-17(18)20(21,22)23)19-25-24-16(9-10-26)14-29-19/h7-8,13,26H,2-6,9-12,14H2,1H3. The minimum Gasteiger partial charge on any atom is -0.493 e. The number of benzene rings is 1. The smallest absolute Gasteiger partial charge is 0.419 e. The van der Waals surface area contributed by atoms with Gasteiger partial charge in [0.2, 0.25) is 0 Å². The van der Waals surface area contributed by atoms with Crippen molar-refractivity contribution < 1.29 is 27.8 Å². The molecule has 0 spiro atoms. The van der Waals surface area contributed by atoms with E-state index in [1.807, 2.05) is 6.92 Å². The molecular formula is C20H27F3N2O3S. The van der Waals surface area contributed by atoms with E-state index in [-0.39, 0.29) is 19.0 Å². The molecule has 9 heteroatoms. The minimum absolute atomic E-state index is 0.0268. The molecule has 0 atom stereocenters. The van der Waals surface area contributed by atoms with Gasteiger partial charge in [0.25, 0.3) is 0 Å². The van der Waals surface area contributed by atoms with Crippen LogP contribution in [0.2, 0.25) is 0 Å². The topological polar surface area (TPSA) is 63.4 Å². The lowest BCUT2D eigenvalue weighted by Gasteiger charge is -2.17. The molecule has 162 valence electrons. The molecule has 1 aromatic carbocycles. The van der Waals surface area contributed by atoms with Crippen LogP contribution in [-0.2, 0) is 10.9 Å². The van der Waals surface area contributed by atoms with Gasteiger partial charge in [-0.1, -0.05) is 18.2 Å². The van der Waals surface area contributed by atoms with Gasteiger partial charge in [-0.3, -0.25) is 0 Å². The van der Waals surface area contributed by atoms with Crippen LogP contribution < -0.4 is 4.74 Å². The highest BCUT2D eigenvalue weighted by Crippen LogP contribution is 2.38. The quantitative estimate of drug-likeness (QED) is 0.477. The Morgan fingerprint density at radius 1 is 1.10 bits per heavy atom. The van der Waals surface area contributed by atoms with E-state index in [2.05, 4.69) is 10.2 Å². The predicted octanol–water partition coefficient (Wildman–Crippen LogP) is 4.91. The maximum atomic E-state index is 13.5. The van der Waals surface area contributed by atoms with Crippen LogP contribution in [0.25, 0.3) is 0 Å². The van der Waals surface area contributed by atoms with E-state index in [1.165, 1.54) is 17.8 Å². The Hall–Kier alpha value is -1.58. The van der Waals surface area contributed by atoms with E-state index >= 15 is 0 Å². The first-order chi connectivity index (χ1) is 14.0. The zero-order valence-electron chi connectivity index (χ0n) is 16.5. The Morgan fingerprint density at radius 2 is 1.86 bits per heavy atom. The number of hydrogen-bond donors (Lipinski definition) is 1. The summed E-state index contributed by atoms with van der Waals surface area (Å²) in [6.45, 7) is 3.56. The summed E-state index contributed by atoms with van der Waals surface area (Å²) >= 11 is 1.31. The first kappa shape index (κ1) is 23.7. The summed E-state index contributed by atoms with van der Waals surface area (Å²) in [6.07, 6.45) is -0.628. The number of aliphatic hydroxyl groups is 1. The van der Waals surface area contributed by atoms with E-state index in [1.54, 1.807) is 6.07 Å². The van der Waals surface area contributed by atoms with Crippen molar-refractivity contribution in [3.8, 4) is 5.75 Å². The van der Waals surface area contributed by atoms with Crippen molar-refractivity contribution in [3.63, 3.8) is 0 Å². The molecule has 0 saturated carbocycles. The Kier molecular flexibility index (Phi) is 9.96. The summed E-state index contributed by atoms with van der Waals surface area (Å²) in [5, 5.41) is 17.4. The fourth-order valence-corrected chi connectivity index (χ4v) is 3.61. The summed E-state index contributed by atoms with van der Waals surface area (Å²) < 4.78 is 51.2. The first-order valence-electron chi connectivity index (χ1n) is 9.75. The average Bonchev–Trinajstić information content (AvgIpc) is 2.70. The van der Waals surface area contributed by atoms with Crippen LogP contribution in [0.4, 0.5) is 13.2 Å². The zero-order chi connectivity index (χ0) is 21.1. The molecule has 2 rings (SSSR count). The molecule has 0 aromatic heterocycles. The van der Waals surface area contributed by atoms with Crippen molar-refractivity contribution in [2.45, 2.75) is 45.2 Å². The molecule has 1 heterocycles. The monoisotopic (exact) mass is 432 g/mol. The van der Waals surface area contributed by atoms with E-state index in [0.29, 0.717) is 42.4 Å². The van der Waals surface area contributed by atoms with Crippen LogP contribution in [0, 0.1) is 0 Å². The van der Waals surface area contributed by atoms with Crippen molar-refractivity contribution in [1.82, 2.24) is 0 Å². The second-order valence-electron chi connectivity index (χ2n) is 6.50. The number of halogens is 3. The lowest BCUT2D eigenvalue weighted by molar-refractivity contribution is -0.139. The molecular weight excluding hydrogens is 405 g/mol. The normalized spacial score (nSPS) is 14.5. The second-order valence-corrected chi connectivity index (χ2v) is 7.47. The number of alkyl halides is 3. The van der Waals surface area contributed by atoms with E-state index in [0.717, 1.165) is 31.0 Å². The van der Waals surface area contributed by atoms with Crippen LogP contribution >= 0.6 is 11.8 Å². The van der Waals surface area contributed by atoms with Gasteiger partial charge >= 0.3 is 6.18 Å². The van der Waals surface area contributed by atoms with Crippen molar-refractivity contribution in [3.05, 3.63) is 29.3 Å². The number of rotatable bonds is 12. The SMILES string of the molecule is CCOCCCCCCOc1ccc(C2=NN=C(CCO)CS2)cc1C(F)(F)F. The molecule has 0 bridgehead atoms. The van der Waals surface area contributed by atoms with Crippen molar-refractivity contribution in [1.29, 1.82) is 0 Å². The molecule has 29 heavy (non-hydrogen) atoms.